The van der Waals surface area contributed by atoms with Gasteiger partial charge in [0.2, 0.25) is 0 Å². The second-order valence-corrected chi connectivity index (χ2v) is 3.26. The van der Waals surface area contributed by atoms with Gasteiger partial charge in [-0.1, -0.05) is 30.3 Å². The number of carboxylic acid groups (broad SMARTS) is 1. The van der Waals surface area contributed by atoms with Crippen molar-refractivity contribution in [2.75, 3.05) is 0 Å². The van der Waals surface area contributed by atoms with Crippen LogP contribution in [-0.2, 0) is 0 Å². The average Bonchev–Trinajstić information content (AvgIpc) is 2.18. The molecular formula is C12H13InO2. The number of hydrogen-bond donors (Lipinski definition) is 1. The van der Waals surface area contributed by atoms with Gasteiger partial charge in [0.25, 0.3) is 0 Å². The molecule has 0 aliphatic carbocycles. The summed E-state index contributed by atoms with van der Waals surface area (Å²) in [6.45, 7) is 1.84. The predicted octanol–water partition coefficient (Wildman–Crippen LogP) is 1.66. The van der Waals surface area contributed by atoms with E-state index in [-0.39, 0.29) is 25.8 Å². The number of rotatable bonds is 1. The van der Waals surface area contributed by atoms with Crippen LogP contribution in [0.3, 0.4) is 0 Å². The van der Waals surface area contributed by atoms with Gasteiger partial charge in [-0.2, -0.15) is 0 Å². The van der Waals surface area contributed by atoms with Crippen LogP contribution in [0.15, 0.2) is 36.4 Å². The summed E-state index contributed by atoms with van der Waals surface area (Å²) < 4.78 is 0. The fourth-order valence-electron chi connectivity index (χ4n) is 1.66. The van der Waals surface area contributed by atoms with Crippen molar-refractivity contribution in [3.05, 3.63) is 47.5 Å². The van der Waals surface area contributed by atoms with Gasteiger partial charge in [0, 0.05) is 0 Å². The van der Waals surface area contributed by atoms with E-state index < -0.39 is 5.97 Å². The molecule has 0 bridgehead atoms. The molecule has 2 aromatic carbocycles. The summed E-state index contributed by atoms with van der Waals surface area (Å²) in [4.78, 5) is 10.9. The van der Waals surface area contributed by atoms with Crippen LogP contribution >= 0.6 is 0 Å². The fourth-order valence-corrected chi connectivity index (χ4v) is 1.66. The molecule has 0 atom stereocenters. The Morgan fingerprint density at radius 3 is 2.47 bits per heavy atom. The van der Waals surface area contributed by atoms with Gasteiger partial charge in [-0.25, -0.2) is 4.79 Å². The van der Waals surface area contributed by atoms with Crippen LogP contribution in [-0.4, -0.2) is 36.9 Å². The Bertz CT molecular complexity index is 506. The van der Waals surface area contributed by atoms with Gasteiger partial charge >= 0.3 is 31.8 Å². The molecule has 0 saturated heterocycles. The molecule has 0 aliphatic rings. The molecule has 3 heteroatoms. The van der Waals surface area contributed by atoms with Crippen molar-refractivity contribution in [1.82, 2.24) is 0 Å². The molecule has 2 rings (SSSR count). The zero-order chi connectivity index (χ0) is 10.1. The van der Waals surface area contributed by atoms with Crippen LogP contribution in [0.5, 0.6) is 0 Å². The van der Waals surface area contributed by atoms with E-state index in [2.05, 4.69) is 0 Å². The standard InChI is InChI=1S/C12H10O2.In.3H/c1-8-10-5-3-2-4-9(10)6-7-11(8)12(13)14;;;;/h2-7H,1H3,(H,13,14);;;;. The van der Waals surface area contributed by atoms with Crippen molar-refractivity contribution in [3.8, 4) is 0 Å². The number of aryl methyl sites for hydroxylation is 1. The van der Waals surface area contributed by atoms with Crippen molar-refractivity contribution in [2.24, 2.45) is 0 Å². The molecule has 0 saturated carbocycles. The molecule has 0 spiro atoms. The van der Waals surface area contributed by atoms with Gasteiger partial charge in [0.15, 0.2) is 0 Å². The summed E-state index contributed by atoms with van der Waals surface area (Å²) in [6.07, 6.45) is 0. The molecule has 1 N–H and O–H groups in total. The molecule has 0 unspecified atom stereocenters. The molecule has 0 amide bonds. The predicted molar refractivity (Wildman–Crippen MR) is 65.6 cm³/mol. The Hall–Kier alpha value is -0.960. The van der Waals surface area contributed by atoms with Gasteiger partial charge in [0.05, 0.1) is 5.56 Å². The molecule has 2 aromatic rings. The first-order valence-electron chi connectivity index (χ1n) is 4.42. The summed E-state index contributed by atoms with van der Waals surface area (Å²) in [5.41, 5.74) is 1.21. The third kappa shape index (κ3) is 2.17. The van der Waals surface area contributed by atoms with Crippen molar-refractivity contribution < 1.29 is 9.90 Å². The van der Waals surface area contributed by atoms with Crippen molar-refractivity contribution in [3.63, 3.8) is 0 Å². The zero-order valence-electron chi connectivity index (χ0n) is 7.82. The van der Waals surface area contributed by atoms with Crippen LogP contribution in [0.2, 0.25) is 0 Å². The third-order valence-electron chi connectivity index (χ3n) is 2.43. The summed E-state index contributed by atoms with van der Waals surface area (Å²) in [6, 6.07) is 11.3. The van der Waals surface area contributed by atoms with Gasteiger partial charge in [-0.15, -0.1) is 0 Å². The Morgan fingerprint density at radius 1 is 1.13 bits per heavy atom. The molecule has 2 nitrogen and oxygen atoms in total. The molecule has 0 aromatic heterocycles. The molecular weight excluding hydrogens is 291 g/mol. The molecule has 0 fully saturated rings. The molecule has 76 valence electrons. The van der Waals surface area contributed by atoms with E-state index in [9.17, 15) is 4.79 Å². The monoisotopic (exact) mass is 304 g/mol. The number of fused-ring (bicyclic) bond motifs is 1. The van der Waals surface area contributed by atoms with E-state index in [0.717, 1.165) is 16.3 Å². The summed E-state index contributed by atoms with van der Waals surface area (Å²) in [5.74, 6) is -0.867. The first-order chi connectivity index (χ1) is 6.70. The molecule has 15 heavy (non-hydrogen) atoms. The minimum atomic E-state index is -0.867. The third-order valence-corrected chi connectivity index (χ3v) is 2.43. The van der Waals surface area contributed by atoms with Crippen molar-refractivity contribution in [1.29, 1.82) is 0 Å². The van der Waals surface area contributed by atoms with Gasteiger partial charge in [0.1, 0.15) is 0 Å². The van der Waals surface area contributed by atoms with E-state index in [4.69, 9.17) is 5.11 Å². The van der Waals surface area contributed by atoms with Crippen LogP contribution < -0.4 is 0 Å². The second-order valence-electron chi connectivity index (χ2n) is 3.26. The van der Waals surface area contributed by atoms with Crippen molar-refractivity contribution >= 4 is 42.6 Å². The zero-order valence-corrected chi connectivity index (χ0v) is 7.82. The van der Waals surface area contributed by atoms with Crippen LogP contribution in [0, 0.1) is 6.92 Å². The van der Waals surface area contributed by atoms with E-state index in [1.807, 2.05) is 37.3 Å². The maximum atomic E-state index is 10.9. The van der Waals surface area contributed by atoms with Gasteiger partial charge in [-0.05, 0) is 29.3 Å². The number of benzene rings is 2. The van der Waals surface area contributed by atoms with Gasteiger partial charge in [-0.3, -0.25) is 0 Å². The Kier molecular flexibility index (Phi) is 3.80. The number of carbonyl (C=O) groups is 1. The molecule has 0 aliphatic heterocycles. The first kappa shape index (κ1) is 12.1. The SMILES string of the molecule is Cc1c(C(=O)O)ccc2ccccc12.[InH3]. The Balaban J connectivity index is 0.00000112. The molecule has 0 heterocycles. The number of hydrogen-bond acceptors (Lipinski definition) is 1. The summed E-state index contributed by atoms with van der Waals surface area (Å²) in [5, 5.41) is 11.0. The number of aromatic carboxylic acids is 1. The normalized spacial score (nSPS) is 9.67. The number of carboxylic acids is 1. The quantitative estimate of drug-likeness (QED) is 0.870. The minimum absolute atomic E-state index is 0. The maximum absolute atomic E-state index is 10.9. The second kappa shape index (κ2) is 4.71. The van der Waals surface area contributed by atoms with E-state index >= 15 is 0 Å². The Labute approximate surface area is 107 Å². The topological polar surface area (TPSA) is 37.3 Å². The van der Waals surface area contributed by atoms with Crippen LogP contribution in [0.1, 0.15) is 15.9 Å². The first-order valence-corrected chi connectivity index (χ1v) is 4.42. The summed E-state index contributed by atoms with van der Waals surface area (Å²) >= 11 is 0. The average molecular weight is 304 g/mol. The van der Waals surface area contributed by atoms with E-state index in [1.54, 1.807) is 6.07 Å². The van der Waals surface area contributed by atoms with Crippen molar-refractivity contribution in [2.45, 2.75) is 6.92 Å². The fraction of sp³-hybridized carbons (Fsp3) is 0.0833. The van der Waals surface area contributed by atoms with Crippen LogP contribution in [0.25, 0.3) is 10.8 Å². The Morgan fingerprint density at radius 2 is 1.80 bits per heavy atom. The molecule has 0 radical (unpaired) electrons. The van der Waals surface area contributed by atoms with E-state index in [1.165, 1.54) is 0 Å². The summed E-state index contributed by atoms with van der Waals surface area (Å²) in [7, 11) is 0. The van der Waals surface area contributed by atoms with E-state index in [0.29, 0.717) is 5.56 Å². The van der Waals surface area contributed by atoms with Crippen LogP contribution in [0.4, 0.5) is 0 Å². The van der Waals surface area contributed by atoms with Gasteiger partial charge < -0.3 is 5.11 Å².